The lowest BCUT2D eigenvalue weighted by Gasteiger charge is -2.36. The topological polar surface area (TPSA) is 123 Å². The molecule has 3 N–H and O–H groups in total. The van der Waals surface area contributed by atoms with Gasteiger partial charge in [-0.2, -0.15) is 18.4 Å². The Hall–Kier alpha value is -3.72. The molecule has 2 atom stereocenters. The van der Waals surface area contributed by atoms with E-state index in [0.717, 1.165) is 44.5 Å². The first-order chi connectivity index (χ1) is 17.7. The molecule has 0 bridgehead atoms. The molecule has 9 nitrogen and oxygen atoms in total. The van der Waals surface area contributed by atoms with Crippen molar-refractivity contribution in [2.75, 3.05) is 25.0 Å². The van der Waals surface area contributed by atoms with Gasteiger partial charge in [0.15, 0.2) is 0 Å². The third kappa shape index (κ3) is 5.09. The zero-order valence-corrected chi connectivity index (χ0v) is 20.3. The van der Waals surface area contributed by atoms with Gasteiger partial charge in [0.25, 0.3) is 0 Å². The van der Waals surface area contributed by atoms with Crippen molar-refractivity contribution >= 4 is 22.9 Å². The van der Waals surface area contributed by atoms with E-state index < -0.39 is 11.7 Å². The number of hydrogen-bond acceptors (Lipinski definition) is 7. The molecule has 0 aromatic carbocycles. The summed E-state index contributed by atoms with van der Waals surface area (Å²) in [6.07, 6.45) is 2.68. The van der Waals surface area contributed by atoms with Crippen LogP contribution in [0.3, 0.4) is 0 Å². The molecule has 12 heteroatoms. The van der Waals surface area contributed by atoms with Gasteiger partial charge in [0.2, 0.25) is 11.9 Å². The molecule has 3 aromatic heterocycles. The van der Waals surface area contributed by atoms with E-state index in [0.29, 0.717) is 18.7 Å². The second-order valence-corrected chi connectivity index (χ2v) is 9.63. The molecular formula is C25H27F3N8O. The fraction of sp³-hybridized carbons (Fsp3) is 0.480. The monoisotopic (exact) mass is 512 g/mol. The van der Waals surface area contributed by atoms with Crippen molar-refractivity contribution in [1.82, 2.24) is 30.2 Å². The first kappa shape index (κ1) is 25.0. The summed E-state index contributed by atoms with van der Waals surface area (Å²) >= 11 is 0. The Morgan fingerprint density at radius 3 is 2.70 bits per heavy atom. The fourth-order valence-corrected chi connectivity index (χ4v) is 5.15. The van der Waals surface area contributed by atoms with E-state index in [4.69, 9.17) is 0 Å². The maximum atomic E-state index is 13.3. The molecule has 5 rings (SSSR count). The molecule has 5 heterocycles. The van der Waals surface area contributed by atoms with Gasteiger partial charge in [-0.1, -0.05) is 0 Å². The highest BCUT2D eigenvalue weighted by Gasteiger charge is 2.33. The Kier molecular flexibility index (Phi) is 6.72. The number of nitrogens with zero attached hydrogens (tertiary/aromatic N) is 5. The second-order valence-electron chi connectivity index (χ2n) is 9.63. The van der Waals surface area contributed by atoms with E-state index in [1.54, 1.807) is 0 Å². The summed E-state index contributed by atoms with van der Waals surface area (Å²) in [5.41, 5.74) is 0.0971. The van der Waals surface area contributed by atoms with Crippen molar-refractivity contribution in [2.45, 2.75) is 50.9 Å². The Morgan fingerprint density at radius 1 is 1.24 bits per heavy atom. The predicted octanol–water partition coefficient (Wildman–Crippen LogP) is 3.70. The molecule has 3 aromatic rings. The average molecular weight is 513 g/mol. The highest BCUT2D eigenvalue weighted by atomic mass is 19.4. The van der Waals surface area contributed by atoms with Gasteiger partial charge >= 0.3 is 6.18 Å². The number of nitrogens with one attached hydrogen (secondary N) is 3. The number of aromatic nitrogens is 4. The number of hydrogen-bond donors (Lipinski definition) is 3. The number of rotatable bonds is 5. The summed E-state index contributed by atoms with van der Waals surface area (Å²) in [5, 5.41) is 16.4. The van der Waals surface area contributed by atoms with Crippen molar-refractivity contribution < 1.29 is 18.0 Å². The number of halogens is 3. The number of carbonyl (C=O) groups is 1. The molecule has 37 heavy (non-hydrogen) atoms. The van der Waals surface area contributed by atoms with Gasteiger partial charge in [-0.05, 0) is 51.1 Å². The average Bonchev–Trinajstić information content (AvgIpc) is 3.58. The van der Waals surface area contributed by atoms with Crippen molar-refractivity contribution in [1.29, 1.82) is 5.26 Å². The lowest BCUT2D eigenvalue weighted by atomic mass is 9.90. The van der Waals surface area contributed by atoms with E-state index in [9.17, 15) is 23.2 Å². The first-order valence-electron chi connectivity index (χ1n) is 12.3. The summed E-state index contributed by atoms with van der Waals surface area (Å²) < 4.78 is 39.8. The molecule has 194 valence electrons. The SMILES string of the molecule is CC(Nc1ncc(C#N)c(-c2c[nH]c3ncc(C(F)(F)F)cc23)n1)C1CCN(C(=O)[C@@H]2CCCN2)CC1. The number of carbonyl (C=O) groups excluding carboxylic acids is 1. The summed E-state index contributed by atoms with van der Waals surface area (Å²) in [5.74, 6) is 0.748. The van der Waals surface area contributed by atoms with Gasteiger partial charge in [0.1, 0.15) is 11.7 Å². The zero-order chi connectivity index (χ0) is 26.2. The molecule has 0 radical (unpaired) electrons. The molecule has 0 spiro atoms. The maximum Gasteiger partial charge on any atom is 0.417 e. The lowest BCUT2D eigenvalue weighted by Crippen LogP contribution is -2.48. The van der Waals surface area contributed by atoms with Crippen LogP contribution in [0.2, 0.25) is 0 Å². The number of nitriles is 1. The van der Waals surface area contributed by atoms with E-state index in [-0.39, 0.29) is 52.1 Å². The van der Waals surface area contributed by atoms with Crippen LogP contribution < -0.4 is 10.6 Å². The minimum Gasteiger partial charge on any atom is -0.351 e. The van der Waals surface area contributed by atoms with Gasteiger partial charge in [-0.15, -0.1) is 0 Å². The molecule has 2 saturated heterocycles. The van der Waals surface area contributed by atoms with Crippen LogP contribution in [0.4, 0.5) is 19.1 Å². The van der Waals surface area contributed by atoms with E-state index in [1.165, 1.54) is 12.4 Å². The molecule has 2 aliphatic rings. The summed E-state index contributed by atoms with van der Waals surface area (Å²) in [4.78, 5) is 30.1. The van der Waals surface area contributed by atoms with Crippen LogP contribution in [0.5, 0.6) is 0 Å². The molecule has 1 unspecified atom stereocenters. The number of alkyl halides is 3. The van der Waals surface area contributed by atoms with Gasteiger partial charge in [-0.3, -0.25) is 4.79 Å². The number of piperidine rings is 1. The molecule has 0 saturated carbocycles. The third-order valence-electron chi connectivity index (χ3n) is 7.30. The number of pyridine rings is 1. The largest absolute Gasteiger partial charge is 0.417 e. The maximum absolute atomic E-state index is 13.3. The van der Waals surface area contributed by atoms with Crippen molar-refractivity contribution in [3.05, 3.63) is 35.8 Å². The summed E-state index contributed by atoms with van der Waals surface area (Å²) in [6.45, 7) is 4.29. The number of aromatic amines is 1. The predicted molar refractivity (Wildman–Crippen MR) is 130 cm³/mol. The Morgan fingerprint density at radius 2 is 2.03 bits per heavy atom. The van der Waals surface area contributed by atoms with Crippen molar-refractivity contribution in [3.63, 3.8) is 0 Å². The van der Waals surface area contributed by atoms with Crippen LogP contribution in [0.1, 0.15) is 43.7 Å². The van der Waals surface area contributed by atoms with Crippen LogP contribution >= 0.6 is 0 Å². The van der Waals surface area contributed by atoms with Crippen molar-refractivity contribution in [2.24, 2.45) is 5.92 Å². The van der Waals surface area contributed by atoms with E-state index in [2.05, 4.69) is 30.6 Å². The quantitative estimate of drug-likeness (QED) is 0.476. The van der Waals surface area contributed by atoms with Crippen LogP contribution in [-0.4, -0.2) is 62.5 Å². The Balaban J connectivity index is 1.32. The van der Waals surface area contributed by atoms with E-state index >= 15 is 0 Å². The fourth-order valence-electron chi connectivity index (χ4n) is 5.15. The smallest absolute Gasteiger partial charge is 0.351 e. The van der Waals surface area contributed by atoms with Crippen LogP contribution in [-0.2, 0) is 11.0 Å². The molecule has 0 aliphatic carbocycles. The molecule has 2 fully saturated rings. The van der Waals surface area contributed by atoms with Gasteiger partial charge in [-0.25, -0.2) is 15.0 Å². The van der Waals surface area contributed by atoms with Gasteiger partial charge in [0, 0.05) is 42.5 Å². The number of anilines is 1. The standard InChI is InChI=1S/C25H27F3N8O/c1-14(15-4-7-36(8-5-15)23(37)20-3-2-6-30-20)34-24-33-11-16(10-29)21(35-24)19-13-32-22-18(19)9-17(12-31-22)25(26,27)28/h9,11-15,20,30H,2-8H2,1H3,(H,31,32)(H,33,34,35)/t14?,20-/m0/s1. The number of fused-ring (bicyclic) bond motifs is 1. The summed E-state index contributed by atoms with van der Waals surface area (Å²) in [7, 11) is 0. The number of H-pyrrole nitrogens is 1. The van der Waals surface area contributed by atoms with Crippen molar-refractivity contribution in [3.8, 4) is 17.3 Å². The second kappa shape index (κ2) is 9.97. The summed E-state index contributed by atoms with van der Waals surface area (Å²) in [6, 6.07) is 2.95. The minimum absolute atomic E-state index is 0.0101. The number of likely N-dealkylation sites (tertiary alicyclic amines) is 1. The Bertz CT molecular complexity index is 1330. The highest BCUT2D eigenvalue weighted by Crippen LogP contribution is 2.35. The third-order valence-corrected chi connectivity index (χ3v) is 7.30. The zero-order valence-electron chi connectivity index (χ0n) is 20.3. The van der Waals surface area contributed by atoms with E-state index in [1.807, 2.05) is 17.9 Å². The van der Waals surface area contributed by atoms with Gasteiger partial charge < -0.3 is 20.5 Å². The molecular weight excluding hydrogens is 485 g/mol. The van der Waals surface area contributed by atoms with Crippen LogP contribution in [0.25, 0.3) is 22.3 Å². The van der Waals surface area contributed by atoms with Crippen LogP contribution in [0.15, 0.2) is 24.7 Å². The molecule has 2 aliphatic heterocycles. The highest BCUT2D eigenvalue weighted by molar-refractivity contribution is 5.94. The molecule has 1 amide bonds. The normalized spacial score (nSPS) is 19.6. The number of amides is 1. The lowest BCUT2D eigenvalue weighted by molar-refractivity contribution is -0.137. The first-order valence-corrected chi connectivity index (χ1v) is 12.3. The Labute approximate surface area is 211 Å². The van der Waals surface area contributed by atoms with Crippen LogP contribution in [0, 0.1) is 17.2 Å². The minimum atomic E-state index is -4.55. The van der Waals surface area contributed by atoms with Gasteiger partial charge in [0.05, 0.1) is 29.1 Å².